The van der Waals surface area contributed by atoms with Gasteiger partial charge in [0, 0.05) is 41.0 Å². The van der Waals surface area contributed by atoms with E-state index in [2.05, 4.69) is 44.6 Å². The molecule has 0 spiro atoms. The van der Waals surface area contributed by atoms with Gasteiger partial charge in [-0.15, -0.1) is 0 Å². The zero-order valence-electron chi connectivity index (χ0n) is 14.3. The van der Waals surface area contributed by atoms with Crippen LogP contribution in [0, 0.1) is 3.57 Å². The minimum atomic E-state index is -0.113. The first-order chi connectivity index (χ1) is 12.1. The van der Waals surface area contributed by atoms with Crippen LogP contribution in [0.5, 0.6) is 0 Å². The lowest BCUT2D eigenvalue weighted by Crippen LogP contribution is -2.46. The summed E-state index contributed by atoms with van der Waals surface area (Å²) < 4.78 is 1.04. The molecule has 3 N–H and O–H groups in total. The third-order valence-corrected chi connectivity index (χ3v) is 5.19. The molecule has 6 heteroatoms. The van der Waals surface area contributed by atoms with Crippen LogP contribution in [-0.4, -0.2) is 43.5 Å². The van der Waals surface area contributed by atoms with E-state index in [1.54, 1.807) is 0 Å². The van der Waals surface area contributed by atoms with Gasteiger partial charge in [-0.05, 0) is 65.5 Å². The van der Waals surface area contributed by atoms with Crippen LogP contribution < -0.4 is 16.0 Å². The maximum Gasteiger partial charge on any atom is 0.255 e. The largest absolute Gasteiger partial charge is 0.399 e. The first kappa shape index (κ1) is 18.0. The lowest BCUT2D eigenvalue weighted by Gasteiger charge is -2.36. The molecular weight excluding hydrogens is 427 g/mol. The average molecular weight is 450 g/mol. The maximum atomic E-state index is 12.6. The molecule has 1 amide bonds. The van der Waals surface area contributed by atoms with Gasteiger partial charge in [-0.1, -0.05) is 13.0 Å². The zero-order chi connectivity index (χ0) is 17.8. The molecule has 25 heavy (non-hydrogen) atoms. The molecule has 2 aromatic carbocycles. The minimum Gasteiger partial charge on any atom is -0.399 e. The SMILES string of the molecule is CCN1CCN(c2ccc(N)cc2NC(=O)c2cccc(I)c2)CC1. The third-order valence-electron chi connectivity index (χ3n) is 4.52. The molecule has 1 aliphatic heterocycles. The number of piperazine rings is 1. The van der Waals surface area contributed by atoms with Crippen LogP contribution >= 0.6 is 22.6 Å². The summed E-state index contributed by atoms with van der Waals surface area (Å²) in [5, 5.41) is 3.04. The highest BCUT2D eigenvalue weighted by atomic mass is 127. The van der Waals surface area contributed by atoms with E-state index in [4.69, 9.17) is 5.73 Å². The van der Waals surface area contributed by atoms with Gasteiger partial charge in [-0.2, -0.15) is 0 Å². The second-order valence-corrected chi connectivity index (χ2v) is 7.41. The summed E-state index contributed by atoms with van der Waals surface area (Å²) in [5.74, 6) is -0.113. The highest BCUT2D eigenvalue weighted by Crippen LogP contribution is 2.29. The smallest absolute Gasteiger partial charge is 0.255 e. The first-order valence-electron chi connectivity index (χ1n) is 8.50. The predicted octanol–water partition coefficient (Wildman–Crippen LogP) is 3.27. The number of carbonyl (C=O) groups is 1. The molecule has 2 aromatic rings. The Bertz CT molecular complexity index is 757. The van der Waals surface area contributed by atoms with Crippen molar-refractivity contribution in [2.75, 3.05) is 48.7 Å². The van der Waals surface area contributed by atoms with Gasteiger partial charge in [0.1, 0.15) is 0 Å². The van der Waals surface area contributed by atoms with Crippen molar-refractivity contribution in [3.63, 3.8) is 0 Å². The lowest BCUT2D eigenvalue weighted by molar-refractivity contribution is 0.102. The zero-order valence-corrected chi connectivity index (χ0v) is 16.5. The predicted molar refractivity (Wildman–Crippen MR) is 112 cm³/mol. The van der Waals surface area contributed by atoms with Gasteiger partial charge in [0.15, 0.2) is 0 Å². The van der Waals surface area contributed by atoms with Crippen molar-refractivity contribution in [2.45, 2.75) is 6.92 Å². The molecule has 0 radical (unpaired) electrons. The van der Waals surface area contributed by atoms with Gasteiger partial charge in [-0.3, -0.25) is 4.79 Å². The van der Waals surface area contributed by atoms with Crippen LogP contribution in [0.2, 0.25) is 0 Å². The Morgan fingerprint density at radius 2 is 1.92 bits per heavy atom. The van der Waals surface area contributed by atoms with Crippen LogP contribution in [0.4, 0.5) is 17.1 Å². The van der Waals surface area contributed by atoms with Crippen molar-refractivity contribution in [1.82, 2.24) is 4.90 Å². The second-order valence-electron chi connectivity index (χ2n) is 6.16. The van der Waals surface area contributed by atoms with Crippen molar-refractivity contribution in [1.29, 1.82) is 0 Å². The van der Waals surface area contributed by atoms with Crippen LogP contribution in [-0.2, 0) is 0 Å². The van der Waals surface area contributed by atoms with Crippen molar-refractivity contribution < 1.29 is 4.79 Å². The second kappa shape index (κ2) is 8.05. The van der Waals surface area contributed by atoms with E-state index in [-0.39, 0.29) is 5.91 Å². The van der Waals surface area contributed by atoms with Gasteiger partial charge in [-0.25, -0.2) is 0 Å². The maximum absolute atomic E-state index is 12.6. The normalized spacial score (nSPS) is 15.2. The number of likely N-dealkylation sites (N-methyl/N-ethyl adjacent to an activating group) is 1. The first-order valence-corrected chi connectivity index (χ1v) is 9.58. The standard InChI is InChI=1S/C19H23IN4O/c1-2-23-8-10-24(11-9-23)18-7-6-16(21)13-17(18)22-19(25)14-4-3-5-15(20)12-14/h3-7,12-13H,2,8-11,21H2,1H3,(H,22,25). The lowest BCUT2D eigenvalue weighted by atomic mass is 10.1. The Balaban J connectivity index is 1.81. The summed E-state index contributed by atoms with van der Waals surface area (Å²) in [6.45, 7) is 7.22. The topological polar surface area (TPSA) is 61.6 Å². The van der Waals surface area contributed by atoms with Crippen molar-refractivity contribution in [2.24, 2.45) is 0 Å². The molecule has 1 fully saturated rings. The monoisotopic (exact) mass is 450 g/mol. The minimum absolute atomic E-state index is 0.113. The summed E-state index contributed by atoms with van der Waals surface area (Å²) in [6.07, 6.45) is 0. The summed E-state index contributed by atoms with van der Waals surface area (Å²) in [4.78, 5) is 17.4. The third kappa shape index (κ3) is 4.43. The number of nitrogens with two attached hydrogens (primary N) is 1. The van der Waals surface area contributed by atoms with Crippen molar-refractivity contribution in [3.8, 4) is 0 Å². The number of hydrogen-bond acceptors (Lipinski definition) is 4. The van der Waals surface area contributed by atoms with E-state index in [9.17, 15) is 4.79 Å². The Labute approximate surface area is 162 Å². The van der Waals surface area contributed by atoms with Gasteiger partial charge in [0.2, 0.25) is 0 Å². The van der Waals surface area contributed by atoms with Crippen LogP contribution in [0.25, 0.3) is 0 Å². The molecule has 0 unspecified atom stereocenters. The van der Waals surface area contributed by atoms with Crippen LogP contribution in [0.1, 0.15) is 17.3 Å². The van der Waals surface area contributed by atoms with Crippen molar-refractivity contribution >= 4 is 45.6 Å². The molecule has 0 atom stereocenters. The molecule has 0 aliphatic carbocycles. The number of anilines is 3. The molecule has 3 rings (SSSR count). The van der Waals surface area contributed by atoms with E-state index >= 15 is 0 Å². The average Bonchev–Trinajstić information content (AvgIpc) is 2.62. The number of benzene rings is 2. The molecule has 0 bridgehead atoms. The Kier molecular flexibility index (Phi) is 5.80. The molecule has 1 heterocycles. The number of nitrogens with one attached hydrogen (secondary N) is 1. The van der Waals surface area contributed by atoms with Crippen LogP contribution in [0.15, 0.2) is 42.5 Å². The van der Waals surface area contributed by atoms with E-state index in [0.29, 0.717) is 11.3 Å². The van der Waals surface area contributed by atoms with Gasteiger partial charge >= 0.3 is 0 Å². The fraction of sp³-hybridized carbons (Fsp3) is 0.316. The number of carbonyl (C=O) groups excluding carboxylic acids is 1. The van der Waals surface area contributed by atoms with Gasteiger partial charge in [0.25, 0.3) is 5.91 Å². The quantitative estimate of drug-likeness (QED) is 0.555. The number of halogens is 1. The molecular formula is C19H23IN4O. The van der Waals surface area contributed by atoms with E-state index < -0.39 is 0 Å². The summed E-state index contributed by atoms with van der Waals surface area (Å²) >= 11 is 2.21. The van der Waals surface area contributed by atoms with Crippen LogP contribution in [0.3, 0.4) is 0 Å². The molecule has 0 saturated carbocycles. The molecule has 5 nitrogen and oxygen atoms in total. The summed E-state index contributed by atoms with van der Waals surface area (Å²) in [6, 6.07) is 13.3. The molecule has 1 aliphatic rings. The highest BCUT2D eigenvalue weighted by molar-refractivity contribution is 14.1. The highest BCUT2D eigenvalue weighted by Gasteiger charge is 2.19. The number of nitrogens with zero attached hydrogens (tertiary/aromatic N) is 2. The number of nitrogen functional groups attached to an aromatic ring is 1. The van der Waals surface area contributed by atoms with Gasteiger partial charge in [0.05, 0.1) is 11.4 Å². The number of hydrogen-bond donors (Lipinski definition) is 2. The van der Waals surface area contributed by atoms with E-state index in [0.717, 1.165) is 47.7 Å². The molecule has 132 valence electrons. The molecule has 0 aromatic heterocycles. The number of amides is 1. The Hall–Kier alpha value is -1.80. The molecule has 1 saturated heterocycles. The van der Waals surface area contributed by atoms with E-state index in [1.807, 2.05) is 42.5 Å². The van der Waals surface area contributed by atoms with Crippen molar-refractivity contribution in [3.05, 3.63) is 51.6 Å². The fourth-order valence-corrected chi connectivity index (χ4v) is 3.60. The Morgan fingerprint density at radius 3 is 2.60 bits per heavy atom. The van der Waals surface area contributed by atoms with E-state index in [1.165, 1.54) is 0 Å². The summed E-state index contributed by atoms with van der Waals surface area (Å²) in [7, 11) is 0. The van der Waals surface area contributed by atoms with Gasteiger partial charge < -0.3 is 20.9 Å². The summed E-state index contributed by atoms with van der Waals surface area (Å²) in [5.41, 5.74) is 9.06. The number of rotatable bonds is 4. The Morgan fingerprint density at radius 1 is 1.16 bits per heavy atom. The fourth-order valence-electron chi connectivity index (χ4n) is 3.06.